The number of amides is 2. The minimum atomic E-state index is -3.96. The van der Waals surface area contributed by atoms with E-state index < -0.39 is 28.5 Å². The Morgan fingerprint density at radius 1 is 0.971 bits per heavy atom. The zero-order valence-corrected chi connectivity index (χ0v) is 23.2. The van der Waals surface area contributed by atoms with Gasteiger partial charge in [-0.15, -0.1) is 0 Å². The van der Waals surface area contributed by atoms with E-state index in [1.54, 1.807) is 25.1 Å². The summed E-state index contributed by atoms with van der Waals surface area (Å²) in [5.74, 6) is -0.856. The number of likely N-dealkylation sites (N-methyl/N-ethyl adjacent to an activating group) is 1. The first-order valence-corrected chi connectivity index (χ1v) is 13.7. The second-order valence-electron chi connectivity index (χ2n) is 8.21. The molecule has 0 fully saturated rings. The lowest BCUT2D eigenvalue weighted by Crippen LogP contribution is -2.53. The van der Waals surface area contributed by atoms with Gasteiger partial charge in [0.15, 0.2) is 0 Å². The number of nitrogens with one attached hydrogen (secondary N) is 1. The number of hydrogen-bond acceptors (Lipinski definition) is 4. The van der Waals surface area contributed by atoms with Gasteiger partial charge in [-0.05, 0) is 61.7 Å². The fraction of sp³-hybridized carbons (Fsp3) is 0.417. The van der Waals surface area contributed by atoms with Crippen molar-refractivity contribution >= 4 is 56.6 Å². The van der Waals surface area contributed by atoms with Crippen molar-refractivity contribution in [3.8, 4) is 0 Å². The van der Waals surface area contributed by atoms with Crippen molar-refractivity contribution < 1.29 is 18.0 Å². The smallest absolute Gasteiger partial charge is 0.243 e. The summed E-state index contributed by atoms with van der Waals surface area (Å²) in [5, 5.41) is 4.08. The van der Waals surface area contributed by atoms with Crippen LogP contribution in [0.2, 0.25) is 15.1 Å². The number of rotatable bonds is 11. The third-order valence-corrected chi connectivity index (χ3v) is 8.28. The van der Waals surface area contributed by atoms with Gasteiger partial charge in [0.05, 0.1) is 11.4 Å². The molecule has 2 rings (SSSR count). The average molecular weight is 563 g/mol. The highest BCUT2D eigenvalue weighted by molar-refractivity contribution is 7.89. The molecule has 2 aromatic rings. The van der Waals surface area contributed by atoms with Gasteiger partial charge in [-0.1, -0.05) is 54.7 Å². The molecule has 0 radical (unpaired) electrons. The van der Waals surface area contributed by atoms with Crippen molar-refractivity contribution in [3.05, 3.63) is 63.1 Å². The fourth-order valence-corrected chi connectivity index (χ4v) is 5.06. The van der Waals surface area contributed by atoms with E-state index in [-0.39, 0.29) is 23.4 Å². The molecule has 7 nitrogen and oxygen atoms in total. The van der Waals surface area contributed by atoms with Gasteiger partial charge in [-0.3, -0.25) is 9.59 Å². The van der Waals surface area contributed by atoms with Gasteiger partial charge in [-0.25, -0.2) is 8.42 Å². The van der Waals surface area contributed by atoms with Crippen LogP contribution >= 0.6 is 34.8 Å². The Labute approximate surface area is 222 Å². The summed E-state index contributed by atoms with van der Waals surface area (Å²) in [6.45, 7) is 5.15. The van der Waals surface area contributed by atoms with Crippen molar-refractivity contribution in [2.45, 2.75) is 57.1 Å². The summed E-state index contributed by atoms with van der Waals surface area (Å²) in [6.07, 6.45) is 1.05. The highest BCUT2D eigenvalue weighted by Crippen LogP contribution is 2.24. The van der Waals surface area contributed by atoms with Crippen LogP contribution in [-0.4, -0.2) is 55.1 Å². The van der Waals surface area contributed by atoms with Gasteiger partial charge in [-0.2, -0.15) is 4.31 Å². The highest BCUT2D eigenvalue weighted by atomic mass is 35.5. The number of halogens is 3. The first-order valence-electron chi connectivity index (χ1n) is 11.2. The molecule has 0 spiro atoms. The van der Waals surface area contributed by atoms with Gasteiger partial charge in [0.2, 0.25) is 21.8 Å². The van der Waals surface area contributed by atoms with Crippen LogP contribution in [0.5, 0.6) is 0 Å². The van der Waals surface area contributed by atoms with Crippen LogP contribution in [0.3, 0.4) is 0 Å². The molecule has 0 bridgehead atoms. The number of nitrogens with zero attached hydrogens (tertiary/aromatic N) is 2. The second kappa shape index (κ2) is 12.9. The van der Waals surface area contributed by atoms with E-state index >= 15 is 0 Å². The molecule has 35 heavy (non-hydrogen) atoms. The number of sulfonamides is 1. The second-order valence-corrected chi connectivity index (χ2v) is 11.5. The molecule has 0 aromatic heterocycles. The standard InChI is InChI=1S/C24H30Cl3N3O4S/c1-5-16(3)28-24(32)22(6-2)30(14-17-7-8-19(26)13-21(17)27)23(31)15-29(4)35(33,34)20-11-9-18(25)10-12-20/h7-13,16,22H,5-6,14-15H2,1-4H3,(H,28,32)/t16-,22+/m0/s1. The zero-order chi connectivity index (χ0) is 26.3. The monoisotopic (exact) mass is 561 g/mol. The molecule has 1 N–H and O–H groups in total. The van der Waals surface area contributed by atoms with Crippen molar-refractivity contribution in [2.24, 2.45) is 0 Å². The van der Waals surface area contributed by atoms with Crippen LogP contribution in [0.15, 0.2) is 47.4 Å². The van der Waals surface area contributed by atoms with Crippen LogP contribution in [-0.2, 0) is 26.2 Å². The molecule has 0 unspecified atom stereocenters. The largest absolute Gasteiger partial charge is 0.352 e. The van der Waals surface area contributed by atoms with Crippen LogP contribution in [0, 0.1) is 0 Å². The minimum absolute atomic E-state index is 0.00560. The van der Waals surface area contributed by atoms with Gasteiger partial charge >= 0.3 is 0 Å². The molecule has 0 aliphatic heterocycles. The van der Waals surface area contributed by atoms with E-state index in [1.807, 2.05) is 13.8 Å². The summed E-state index contributed by atoms with van der Waals surface area (Å²) in [6, 6.07) is 9.64. The minimum Gasteiger partial charge on any atom is -0.352 e. The normalized spacial score (nSPS) is 13.4. The maximum absolute atomic E-state index is 13.5. The average Bonchev–Trinajstić information content (AvgIpc) is 2.80. The molecule has 0 aliphatic carbocycles. The Morgan fingerprint density at radius 3 is 2.11 bits per heavy atom. The van der Waals surface area contributed by atoms with Gasteiger partial charge < -0.3 is 10.2 Å². The van der Waals surface area contributed by atoms with E-state index in [4.69, 9.17) is 34.8 Å². The molecule has 2 aromatic carbocycles. The lowest BCUT2D eigenvalue weighted by Gasteiger charge is -2.32. The molecule has 2 atom stereocenters. The van der Waals surface area contributed by atoms with Crippen molar-refractivity contribution in [1.29, 1.82) is 0 Å². The maximum Gasteiger partial charge on any atom is 0.243 e. The molecule has 0 aliphatic rings. The molecule has 0 saturated heterocycles. The number of carbonyl (C=O) groups is 2. The van der Waals surface area contributed by atoms with Crippen LogP contribution in [0.25, 0.3) is 0 Å². The lowest BCUT2D eigenvalue weighted by molar-refractivity contribution is -0.141. The first kappa shape index (κ1) is 29.4. The van der Waals surface area contributed by atoms with Gasteiger partial charge in [0, 0.05) is 34.7 Å². The Balaban J connectivity index is 2.37. The quantitative estimate of drug-likeness (QED) is 0.418. The third kappa shape index (κ3) is 7.82. The van der Waals surface area contributed by atoms with Crippen LogP contribution in [0.4, 0.5) is 0 Å². The number of carbonyl (C=O) groups excluding carboxylic acids is 2. The summed E-state index contributed by atoms with van der Waals surface area (Å²) < 4.78 is 27.0. The summed E-state index contributed by atoms with van der Waals surface area (Å²) in [4.78, 5) is 27.9. The summed E-state index contributed by atoms with van der Waals surface area (Å²) in [7, 11) is -2.65. The van der Waals surface area contributed by atoms with E-state index in [0.717, 1.165) is 10.7 Å². The Kier molecular flexibility index (Phi) is 10.9. The predicted molar refractivity (Wildman–Crippen MR) is 140 cm³/mol. The third-order valence-electron chi connectivity index (χ3n) is 5.62. The molecule has 11 heteroatoms. The molecule has 2 amide bonds. The van der Waals surface area contributed by atoms with E-state index in [9.17, 15) is 18.0 Å². The Morgan fingerprint density at radius 2 is 1.57 bits per heavy atom. The first-order chi connectivity index (χ1) is 16.4. The van der Waals surface area contributed by atoms with Crippen molar-refractivity contribution in [2.75, 3.05) is 13.6 Å². The fourth-order valence-electron chi connectivity index (χ4n) is 3.35. The molecule has 0 heterocycles. The van der Waals surface area contributed by atoms with E-state index in [2.05, 4.69) is 5.32 Å². The maximum atomic E-state index is 13.5. The predicted octanol–water partition coefficient (Wildman–Crippen LogP) is 4.99. The number of hydrogen-bond donors (Lipinski definition) is 1. The SMILES string of the molecule is CC[C@H](C(=O)N[C@@H](C)CC)N(Cc1ccc(Cl)cc1Cl)C(=O)CN(C)S(=O)(=O)c1ccc(Cl)cc1. The molecular weight excluding hydrogens is 533 g/mol. The van der Waals surface area contributed by atoms with Crippen molar-refractivity contribution in [1.82, 2.24) is 14.5 Å². The lowest BCUT2D eigenvalue weighted by atomic mass is 10.1. The molecule has 0 saturated carbocycles. The van der Waals surface area contributed by atoms with Gasteiger partial charge in [0.1, 0.15) is 6.04 Å². The van der Waals surface area contributed by atoms with Crippen LogP contribution < -0.4 is 5.32 Å². The summed E-state index contributed by atoms with van der Waals surface area (Å²) >= 11 is 18.2. The number of benzene rings is 2. The van der Waals surface area contributed by atoms with E-state index in [1.165, 1.54) is 36.2 Å². The summed E-state index contributed by atoms with van der Waals surface area (Å²) in [5.41, 5.74) is 0.586. The topological polar surface area (TPSA) is 86.8 Å². The zero-order valence-electron chi connectivity index (χ0n) is 20.1. The molecular formula is C24H30Cl3N3O4S. The Bertz CT molecular complexity index is 1140. The van der Waals surface area contributed by atoms with Crippen molar-refractivity contribution in [3.63, 3.8) is 0 Å². The van der Waals surface area contributed by atoms with E-state index in [0.29, 0.717) is 27.1 Å². The van der Waals surface area contributed by atoms with Crippen LogP contribution in [0.1, 0.15) is 39.2 Å². The Hall–Kier alpha value is -1.84. The van der Waals surface area contributed by atoms with Gasteiger partial charge in [0.25, 0.3) is 0 Å². The highest BCUT2D eigenvalue weighted by Gasteiger charge is 2.32. The molecule has 192 valence electrons.